The van der Waals surface area contributed by atoms with Crippen LogP contribution in [0.25, 0.3) is 0 Å². The van der Waals surface area contributed by atoms with Crippen molar-refractivity contribution in [1.29, 1.82) is 0 Å². The Balaban J connectivity index is 0. The largest absolute Gasteiger partial charge is 0.396 e. The first-order chi connectivity index (χ1) is 6.93. The summed E-state index contributed by atoms with van der Waals surface area (Å²) in [6, 6.07) is 0. The van der Waals surface area contributed by atoms with Gasteiger partial charge in [0, 0.05) is 18.6 Å². The molecule has 0 aliphatic heterocycles. The van der Waals surface area contributed by atoms with Crippen molar-refractivity contribution in [2.24, 2.45) is 11.3 Å². The van der Waals surface area contributed by atoms with Crippen molar-refractivity contribution < 1.29 is 20.4 Å². The summed E-state index contributed by atoms with van der Waals surface area (Å²) in [5.41, 5.74) is -0.306. The summed E-state index contributed by atoms with van der Waals surface area (Å²) in [5, 5.41) is 33.6. The van der Waals surface area contributed by atoms with E-state index in [-0.39, 0.29) is 31.8 Å². The van der Waals surface area contributed by atoms with Crippen LogP contribution in [0.2, 0.25) is 0 Å². The Morgan fingerprint density at radius 3 is 1.33 bits per heavy atom. The van der Waals surface area contributed by atoms with Gasteiger partial charge in [-0.25, -0.2) is 0 Å². The Labute approximate surface area is 92.6 Å². The Kier molecular flexibility index (Phi) is 11.9. The van der Waals surface area contributed by atoms with Gasteiger partial charge in [0.1, 0.15) is 0 Å². The lowest BCUT2D eigenvalue weighted by molar-refractivity contribution is 0.0857. The minimum atomic E-state index is -0.306. The molecule has 4 heteroatoms. The van der Waals surface area contributed by atoms with Gasteiger partial charge in [0.05, 0.1) is 13.2 Å². The third-order valence-corrected chi connectivity index (χ3v) is 2.10. The Morgan fingerprint density at radius 2 is 1.20 bits per heavy atom. The molecule has 4 N–H and O–H groups in total. The Bertz CT molecular complexity index is 114. The SMILES string of the molecule is CC(C)(CO)CO.CC(CCO)CCO. The normalized spacial score (nSPS) is 11.2. The molecule has 0 fully saturated rings. The molecule has 0 rings (SSSR count). The third kappa shape index (κ3) is 13.8. The van der Waals surface area contributed by atoms with Crippen LogP contribution < -0.4 is 0 Å². The first-order valence-corrected chi connectivity index (χ1v) is 5.37. The van der Waals surface area contributed by atoms with E-state index in [0.29, 0.717) is 5.92 Å². The first kappa shape index (κ1) is 17.2. The van der Waals surface area contributed by atoms with Crippen molar-refractivity contribution in [2.45, 2.75) is 33.6 Å². The number of hydrogen-bond donors (Lipinski definition) is 4. The van der Waals surface area contributed by atoms with Gasteiger partial charge in [0.25, 0.3) is 0 Å². The molecule has 15 heavy (non-hydrogen) atoms. The van der Waals surface area contributed by atoms with Crippen LogP contribution in [0.4, 0.5) is 0 Å². The van der Waals surface area contributed by atoms with Crippen molar-refractivity contribution >= 4 is 0 Å². The molecule has 0 aliphatic rings. The van der Waals surface area contributed by atoms with E-state index >= 15 is 0 Å². The van der Waals surface area contributed by atoms with Gasteiger partial charge >= 0.3 is 0 Å². The van der Waals surface area contributed by atoms with Gasteiger partial charge in [-0.2, -0.15) is 0 Å². The van der Waals surface area contributed by atoms with E-state index in [1.807, 2.05) is 6.92 Å². The zero-order chi connectivity index (χ0) is 12.3. The third-order valence-electron chi connectivity index (χ3n) is 2.10. The number of rotatable bonds is 6. The molecule has 0 unspecified atom stereocenters. The van der Waals surface area contributed by atoms with E-state index in [4.69, 9.17) is 20.4 Å². The molecule has 4 nitrogen and oxygen atoms in total. The molecule has 0 aliphatic carbocycles. The highest BCUT2D eigenvalue weighted by molar-refractivity contribution is 4.62. The fourth-order valence-electron chi connectivity index (χ4n) is 0.635. The second kappa shape index (κ2) is 10.4. The maximum Gasteiger partial charge on any atom is 0.0504 e. The van der Waals surface area contributed by atoms with Gasteiger partial charge in [-0.1, -0.05) is 20.8 Å². The van der Waals surface area contributed by atoms with Crippen molar-refractivity contribution in [2.75, 3.05) is 26.4 Å². The summed E-state index contributed by atoms with van der Waals surface area (Å²) in [6.45, 7) is 6.18. The van der Waals surface area contributed by atoms with Crippen molar-refractivity contribution in [3.05, 3.63) is 0 Å². The number of aliphatic hydroxyl groups excluding tert-OH is 4. The molecule has 0 aromatic carbocycles. The standard InChI is InChI=1S/C6H14O2.C5H12O2/c1-6(2-4-7)3-5-8;1-5(2,3-6)4-7/h6-8H,2-5H2,1H3;6-7H,3-4H2,1-2H3. The summed E-state index contributed by atoms with van der Waals surface area (Å²) in [7, 11) is 0. The summed E-state index contributed by atoms with van der Waals surface area (Å²) in [4.78, 5) is 0. The van der Waals surface area contributed by atoms with E-state index < -0.39 is 0 Å². The molecule has 0 radical (unpaired) electrons. The molecule has 0 spiro atoms. The van der Waals surface area contributed by atoms with Crippen molar-refractivity contribution in [3.63, 3.8) is 0 Å². The van der Waals surface area contributed by atoms with Crippen LogP contribution in [0, 0.1) is 11.3 Å². The lowest BCUT2D eigenvalue weighted by Crippen LogP contribution is -2.20. The number of hydrogen-bond acceptors (Lipinski definition) is 4. The molecule has 0 amide bonds. The average Bonchev–Trinajstić information content (AvgIpc) is 2.20. The molecule has 0 saturated carbocycles. The average molecular weight is 222 g/mol. The predicted molar refractivity (Wildman–Crippen MR) is 60.5 cm³/mol. The molecule has 94 valence electrons. The summed E-state index contributed by atoms with van der Waals surface area (Å²) in [6.07, 6.45) is 1.61. The van der Waals surface area contributed by atoms with Gasteiger partial charge in [0.2, 0.25) is 0 Å². The summed E-state index contributed by atoms with van der Waals surface area (Å²) in [5.74, 6) is 0.463. The van der Waals surface area contributed by atoms with Gasteiger partial charge in [-0.3, -0.25) is 0 Å². The summed E-state index contributed by atoms with van der Waals surface area (Å²) >= 11 is 0. The molecule has 0 atom stereocenters. The monoisotopic (exact) mass is 222 g/mol. The van der Waals surface area contributed by atoms with E-state index in [9.17, 15) is 0 Å². The second-order valence-corrected chi connectivity index (χ2v) is 4.61. The zero-order valence-corrected chi connectivity index (χ0v) is 10.1. The molecule has 0 bridgehead atoms. The Morgan fingerprint density at radius 1 is 0.867 bits per heavy atom. The van der Waals surface area contributed by atoms with Crippen LogP contribution in [-0.4, -0.2) is 46.9 Å². The van der Waals surface area contributed by atoms with E-state index in [1.165, 1.54) is 0 Å². The predicted octanol–water partition coefficient (Wildman–Crippen LogP) is 0.384. The van der Waals surface area contributed by atoms with Crippen LogP contribution in [-0.2, 0) is 0 Å². The van der Waals surface area contributed by atoms with Crippen LogP contribution >= 0.6 is 0 Å². The second-order valence-electron chi connectivity index (χ2n) is 4.61. The molecular weight excluding hydrogens is 196 g/mol. The fraction of sp³-hybridized carbons (Fsp3) is 1.00. The van der Waals surface area contributed by atoms with Crippen molar-refractivity contribution in [1.82, 2.24) is 0 Å². The number of aliphatic hydroxyl groups is 4. The minimum Gasteiger partial charge on any atom is -0.396 e. The van der Waals surface area contributed by atoms with E-state index in [2.05, 4.69) is 0 Å². The lowest BCUT2D eigenvalue weighted by Gasteiger charge is -2.16. The van der Waals surface area contributed by atoms with E-state index in [0.717, 1.165) is 12.8 Å². The highest BCUT2D eigenvalue weighted by atomic mass is 16.3. The van der Waals surface area contributed by atoms with Gasteiger partial charge < -0.3 is 20.4 Å². The smallest absolute Gasteiger partial charge is 0.0504 e. The van der Waals surface area contributed by atoms with E-state index in [1.54, 1.807) is 13.8 Å². The Hall–Kier alpha value is -0.160. The minimum absolute atomic E-state index is 0.0451. The quantitative estimate of drug-likeness (QED) is 0.524. The fourth-order valence-corrected chi connectivity index (χ4v) is 0.635. The van der Waals surface area contributed by atoms with Crippen LogP contribution in [0.1, 0.15) is 33.6 Å². The maximum atomic E-state index is 8.43. The first-order valence-electron chi connectivity index (χ1n) is 5.37. The van der Waals surface area contributed by atoms with Crippen LogP contribution in [0.3, 0.4) is 0 Å². The van der Waals surface area contributed by atoms with Gasteiger partial charge in [-0.05, 0) is 18.8 Å². The molecule has 0 heterocycles. The highest BCUT2D eigenvalue weighted by Gasteiger charge is 2.13. The van der Waals surface area contributed by atoms with Crippen molar-refractivity contribution in [3.8, 4) is 0 Å². The maximum absolute atomic E-state index is 8.43. The molecular formula is C11H26O4. The molecule has 0 aromatic rings. The summed E-state index contributed by atoms with van der Waals surface area (Å²) < 4.78 is 0. The zero-order valence-electron chi connectivity index (χ0n) is 10.1. The molecule has 0 saturated heterocycles. The van der Waals surface area contributed by atoms with Crippen LogP contribution in [0.15, 0.2) is 0 Å². The topological polar surface area (TPSA) is 80.9 Å². The van der Waals surface area contributed by atoms with Crippen LogP contribution in [0.5, 0.6) is 0 Å². The highest BCUT2D eigenvalue weighted by Crippen LogP contribution is 2.10. The van der Waals surface area contributed by atoms with Gasteiger partial charge in [-0.15, -0.1) is 0 Å². The van der Waals surface area contributed by atoms with Gasteiger partial charge in [0.15, 0.2) is 0 Å². The lowest BCUT2D eigenvalue weighted by atomic mass is 9.97. The molecule has 0 aromatic heterocycles.